The standard InChI is InChI=1S/C16H19Cl2NS/c1-12-3-5-14(6-4-12)16(9-17,10-18)8-7-15-13(2)19-11-20-15/h3-6,11H,7-10H2,1-2H3. The van der Waals surface area contributed by atoms with Gasteiger partial charge >= 0.3 is 0 Å². The van der Waals surface area contributed by atoms with E-state index in [0.29, 0.717) is 11.8 Å². The first kappa shape index (κ1) is 15.8. The first-order chi connectivity index (χ1) is 9.61. The van der Waals surface area contributed by atoms with E-state index in [1.165, 1.54) is 16.0 Å². The Hall–Kier alpha value is -0.570. The van der Waals surface area contributed by atoms with Crippen molar-refractivity contribution in [1.29, 1.82) is 0 Å². The molecule has 0 aliphatic heterocycles. The van der Waals surface area contributed by atoms with Crippen molar-refractivity contribution in [3.63, 3.8) is 0 Å². The lowest BCUT2D eigenvalue weighted by molar-refractivity contribution is 0.493. The second kappa shape index (κ2) is 6.93. The number of halogens is 2. The van der Waals surface area contributed by atoms with Crippen molar-refractivity contribution in [2.75, 3.05) is 11.8 Å². The van der Waals surface area contributed by atoms with Crippen LogP contribution < -0.4 is 0 Å². The molecule has 0 fully saturated rings. The minimum atomic E-state index is -0.159. The minimum Gasteiger partial charge on any atom is -0.250 e. The van der Waals surface area contributed by atoms with E-state index in [9.17, 15) is 0 Å². The predicted octanol–water partition coefficient (Wildman–Crippen LogP) is 5.11. The van der Waals surface area contributed by atoms with Crippen LogP contribution in [0.4, 0.5) is 0 Å². The van der Waals surface area contributed by atoms with Gasteiger partial charge in [-0.1, -0.05) is 29.8 Å². The maximum Gasteiger partial charge on any atom is 0.0797 e. The van der Waals surface area contributed by atoms with E-state index in [4.69, 9.17) is 23.2 Å². The molecule has 0 aliphatic rings. The summed E-state index contributed by atoms with van der Waals surface area (Å²) in [6, 6.07) is 8.56. The zero-order chi connectivity index (χ0) is 14.6. The molecule has 0 atom stereocenters. The Morgan fingerprint density at radius 1 is 1.10 bits per heavy atom. The molecule has 1 nitrogen and oxygen atoms in total. The number of aryl methyl sites for hydroxylation is 3. The van der Waals surface area contributed by atoms with Crippen LogP contribution >= 0.6 is 34.5 Å². The molecule has 0 unspecified atom stereocenters. The van der Waals surface area contributed by atoms with E-state index >= 15 is 0 Å². The Kier molecular flexibility index (Phi) is 5.48. The normalized spacial score (nSPS) is 11.8. The van der Waals surface area contributed by atoms with Crippen molar-refractivity contribution in [3.05, 3.63) is 51.5 Å². The molecule has 20 heavy (non-hydrogen) atoms. The Morgan fingerprint density at radius 2 is 1.75 bits per heavy atom. The second-order valence-corrected chi connectivity index (χ2v) is 6.75. The van der Waals surface area contributed by atoms with Crippen LogP contribution in [-0.2, 0) is 11.8 Å². The van der Waals surface area contributed by atoms with Crippen LogP contribution in [0.5, 0.6) is 0 Å². The van der Waals surface area contributed by atoms with Gasteiger partial charge in [0.05, 0.1) is 11.2 Å². The minimum absolute atomic E-state index is 0.159. The molecule has 0 radical (unpaired) electrons. The average Bonchev–Trinajstić information content (AvgIpc) is 2.88. The van der Waals surface area contributed by atoms with E-state index in [2.05, 4.69) is 43.1 Å². The van der Waals surface area contributed by atoms with Gasteiger partial charge in [-0.05, 0) is 32.3 Å². The number of nitrogens with zero attached hydrogens (tertiary/aromatic N) is 1. The molecule has 1 heterocycles. The molecule has 0 amide bonds. The van der Waals surface area contributed by atoms with Crippen LogP contribution in [0.2, 0.25) is 0 Å². The SMILES string of the molecule is Cc1ccc(C(CCl)(CCl)CCc2scnc2C)cc1. The first-order valence-electron chi connectivity index (χ1n) is 6.69. The fourth-order valence-electron chi connectivity index (χ4n) is 2.29. The average molecular weight is 328 g/mol. The molecular weight excluding hydrogens is 309 g/mol. The molecule has 1 aromatic heterocycles. The van der Waals surface area contributed by atoms with Crippen LogP contribution in [0.1, 0.15) is 28.1 Å². The zero-order valence-electron chi connectivity index (χ0n) is 11.8. The lowest BCUT2D eigenvalue weighted by Gasteiger charge is -2.30. The summed E-state index contributed by atoms with van der Waals surface area (Å²) in [6.07, 6.45) is 1.93. The number of alkyl halides is 2. The van der Waals surface area contributed by atoms with Gasteiger partial charge in [0.1, 0.15) is 0 Å². The monoisotopic (exact) mass is 327 g/mol. The lowest BCUT2D eigenvalue weighted by Crippen LogP contribution is -2.31. The van der Waals surface area contributed by atoms with Gasteiger partial charge in [0.2, 0.25) is 0 Å². The fourth-order valence-corrected chi connectivity index (χ4v) is 3.94. The van der Waals surface area contributed by atoms with Crippen LogP contribution in [0, 0.1) is 13.8 Å². The quantitative estimate of drug-likeness (QED) is 0.672. The number of aromatic nitrogens is 1. The third kappa shape index (κ3) is 3.36. The van der Waals surface area contributed by atoms with Crippen molar-refractivity contribution in [3.8, 4) is 0 Å². The summed E-state index contributed by atoms with van der Waals surface area (Å²) in [7, 11) is 0. The Bertz CT molecular complexity index is 544. The molecule has 0 spiro atoms. The van der Waals surface area contributed by atoms with Crippen LogP contribution in [0.3, 0.4) is 0 Å². The van der Waals surface area contributed by atoms with Gasteiger partial charge < -0.3 is 0 Å². The molecule has 0 saturated carbocycles. The van der Waals surface area contributed by atoms with Gasteiger partial charge in [-0.3, -0.25) is 0 Å². The predicted molar refractivity (Wildman–Crippen MR) is 89.5 cm³/mol. The molecule has 1 aromatic carbocycles. The summed E-state index contributed by atoms with van der Waals surface area (Å²) in [4.78, 5) is 5.64. The highest BCUT2D eigenvalue weighted by Gasteiger charge is 2.30. The van der Waals surface area contributed by atoms with Crippen LogP contribution in [0.25, 0.3) is 0 Å². The third-order valence-corrected chi connectivity index (χ3v) is 5.87. The maximum atomic E-state index is 6.28. The third-order valence-electron chi connectivity index (χ3n) is 3.85. The Morgan fingerprint density at radius 3 is 2.25 bits per heavy atom. The van der Waals surface area contributed by atoms with Crippen molar-refractivity contribution in [2.45, 2.75) is 32.1 Å². The summed E-state index contributed by atoms with van der Waals surface area (Å²) >= 11 is 14.3. The van der Waals surface area contributed by atoms with Gasteiger partial charge in [-0.25, -0.2) is 4.98 Å². The molecule has 108 valence electrons. The number of benzene rings is 1. The van der Waals surface area contributed by atoms with E-state index in [0.717, 1.165) is 18.5 Å². The van der Waals surface area contributed by atoms with Gasteiger partial charge in [-0.15, -0.1) is 34.5 Å². The molecule has 4 heteroatoms. The number of hydrogen-bond acceptors (Lipinski definition) is 2. The molecule has 0 bridgehead atoms. The summed E-state index contributed by atoms with van der Waals surface area (Å²) in [5, 5.41) is 0. The zero-order valence-corrected chi connectivity index (χ0v) is 14.2. The Balaban J connectivity index is 2.21. The summed E-state index contributed by atoms with van der Waals surface area (Å²) in [5.74, 6) is 1.08. The molecule has 2 rings (SSSR count). The van der Waals surface area contributed by atoms with E-state index in [1.54, 1.807) is 11.3 Å². The Labute approximate surface area is 135 Å². The van der Waals surface area contributed by atoms with E-state index < -0.39 is 0 Å². The van der Waals surface area contributed by atoms with Gasteiger partial charge in [-0.2, -0.15) is 0 Å². The van der Waals surface area contributed by atoms with Crippen LogP contribution in [0.15, 0.2) is 29.8 Å². The second-order valence-electron chi connectivity index (χ2n) is 5.27. The van der Waals surface area contributed by atoms with E-state index in [-0.39, 0.29) is 5.41 Å². The number of rotatable bonds is 6. The summed E-state index contributed by atoms with van der Waals surface area (Å²) < 4.78 is 0. The molecule has 0 aliphatic carbocycles. The first-order valence-corrected chi connectivity index (χ1v) is 8.64. The van der Waals surface area contributed by atoms with Crippen LogP contribution in [-0.4, -0.2) is 16.7 Å². The maximum absolute atomic E-state index is 6.28. The molecular formula is C16H19Cl2NS. The van der Waals surface area contributed by atoms with Gasteiger partial charge in [0.15, 0.2) is 0 Å². The van der Waals surface area contributed by atoms with Crippen molar-refractivity contribution >= 4 is 34.5 Å². The highest BCUT2D eigenvalue weighted by Crippen LogP contribution is 2.33. The van der Waals surface area contributed by atoms with Gasteiger partial charge in [0.25, 0.3) is 0 Å². The van der Waals surface area contributed by atoms with Gasteiger partial charge in [0, 0.05) is 22.1 Å². The number of thiazole rings is 1. The topological polar surface area (TPSA) is 12.9 Å². The van der Waals surface area contributed by atoms with Crippen molar-refractivity contribution in [1.82, 2.24) is 4.98 Å². The van der Waals surface area contributed by atoms with Crippen molar-refractivity contribution < 1.29 is 0 Å². The van der Waals surface area contributed by atoms with Crippen molar-refractivity contribution in [2.24, 2.45) is 0 Å². The van der Waals surface area contributed by atoms with E-state index in [1.807, 2.05) is 5.51 Å². The number of hydrogen-bond donors (Lipinski definition) is 0. The lowest BCUT2D eigenvalue weighted by atomic mass is 9.79. The summed E-state index contributed by atoms with van der Waals surface area (Å²) in [6.45, 7) is 4.15. The molecule has 0 N–H and O–H groups in total. The molecule has 0 saturated heterocycles. The molecule has 2 aromatic rings. The highest BCUT2D eigenvalue weighted by molar-refractivity contribution is 7.09. The summed E-state index contributed by atoms with van der Waals surface area (Å²) in [5.41, 5.74) is 5.35. The largest absolute Gasteiger partial charge is 0.250 e. The highest BCUT2D eigenvalue weighted by atomic mass is 35.5. The smallest absolute Gasteiger partial charge is 0.0797 e. The fraction of sp³-hybridized carbons (Fsp3) is 0.438.